The van der Waals surface area contributed by atoms with Crippen molar-refractivity contribution in [2.45, 2.75) is 6.54 Å². The SMILES string of the molecule is O=[N+]([O-])c1ccc2nc(NCc3cccnn3)[nH]c2c1. The normalized spacial score (nSPS) is 10.6. The summed E-state index contributed by atoms with van der Waals surface area (Å²) in [5.74, 6) is 0.533. The predicted octanol–water partition coefficient (Wildman–Crippen LogP) is 1.87. The molecule has 0 atom stereocenters. The van der Waals surface area contributed by atoms with Gasteiger partial charge in [-0.25, -0.2) is 4.98 Å². The van der Waals surface area contributed by atoms with Crippen molar-refractivity contribution in [2.24, 2.45) is 0 Å². The highest BCUT2D eigenvalue weighted by Crippen LogP contribution is 2.20. The Labute approximate surface area is 113 Å². The van der Waals surface area contributed by atoms with Gasteiger partial charge in [-0.05, 0) is 18.2 Å². The van der Waals surface area contributed by atoms with E-state index in [9.17, 15) is 10.1 Å². The van der Waals surface area contributed by atoms with Gasteiger partial charge in [0.1, 0.15) is 0 Å². The highest BCUT2D eigenvalue weighted by Gasteiger charge is 2.09. The van der Waals surface area contributed by atoms with Crippen LogP contribution in [0.15, 0.2) is 36.5 Å². The molecule has 2 N–H and O–H groups in total. The minimum atomic E-state index is -0.438. The van der Waals surface area contributed by atoms with Crippen LogP contribution in [0.5, 0.6) is 0 Å². The molecule has 0 fully saturated rings. The van der Waals surface area contributed by atoms with Gasteiger partial charge in [-0.15, -0.1) is 0 Å². The summed E-state index contributed by atoms with van der Waals surface area (Å²) in [6, 6.07) is 8.13. The minimum Gasteiger partial charge on any atom is -0.350 e. The maximum Gasteiger partial charge on any atom is 0.271 e. The van der Waals surface area contributed by atoms with E-state index in [0.29, 0.717) is 23.5 Å². The van der Waals surface area contributed by atoms with E-state index in [4.69, 9.17) is 0 Å². The van der Waals surface area contributed by atoms with Crippen molar-refractivity contribution < 1.29 is 4.92 Å². The highest BCUT2D eigenvalue weighted by atomic mass is 16.6. The van der Waals surface area contributed by atoms with E-state index in [1.807, 2.05) is 6.07 Å². The lowest BCUT2D eigenvalue weighted by Crippen LogP contribution is -2.03. The number of aromatic nitrogens is 4. The average Bonchev–Trinajstić information content (AvgIpc) is 2.88. The fourth-order valence-electron chi connectivity index (χ4n) is 1.80. The van der Waals surface area contributed by atoms with Crippen molar-refractivity contribution in [2.75, 3.05) is 5.32 Å². The summed E-state index contributed by atoms with van der Waals surface area (Å²) in [6.45, 7) is 0.468. The molecule has 0 aliphatic heterocycles. The molecule has 0 aliphatic carbocycles. The Hall–Kier alpha value is -3.03. The lowest BCUT2D eigenvalue weighted by atomic mass is 10.3. The largest absolute Gasteiger partial charge is 0.350 e. The molecule has 3 rings (SSSR count). The molecule has 20 heavy (non-hydrogen) atoms. The zero-order chi connectivity index (χ0) is 13.9. The number of aromatic amines is 1. The fourth-order valence-corrected chi connectivity index (χ4v) is 1.80. The summed E-state index contributed by atoms with van der Waals surface area (Å²) in [4.78, 5) is 17.5. The smallest absolute Gasteiger partial charge is 0.271 e. The first-order valence-electron chi connectivity index (χ1n) is 5.87. The molecule has 0 amide bonds. The number of nitro groups is 1. The second-order valence-corrected chi connectivity index (χ2v) is 4.11. The minimum absolute atomic E-state index is 0.0293. The maximum absolute atomic E-state index is 10.7. The summed E-state index contributed by atoms with van der Waals surface area (Å²) < 4.78 is 0. The predicted molar refractivity (Wildman–Crippen MR) is 72.1 cm³/mol. The van der Waals surface area contributed by atoms with Crippen molar-refractivity contribution in [3.8, 4) is 0 Å². The molecule has 0 saturated carbocycles. The van der Waals surface area contributed by atoms with Crippen LogP contribution in [0, 0.1) is 10.1 Å². The third kappa shape index (κ3) is 2.39. The van der Waals surface area contributed by atoms with Crippen LogP contribution >= 0.6 is 0 Å². The number of imidazole rings is 1. The molecule has 2 aromatic heterocycles. The second kappa shape index (κ2) is 4.92. The Morgan fingerprint density at radius 1 is 1.35 bits per heavy atom. The van der Waals surface area contributed by atoms with Crippen molar-refractivity contribution in [1.29, 1.82) is 0 Å². The van der Waals surface area contributed by atoms with Crippen molar-refractivity contribution in [3.05, 3.63) is 52.3 Å². The summed E-state index contributed by atoms with van der Waals surface area (Å²) in [7, 11) is 0. The zero-order valence-electron chi connectivity index (χ0n) is 10.3. The zero-order valence-corrected chi connectivity index (χ0v) is 10.3. The molecule has 0 bridgehead atoms. The van der Waals surface area contributed by atoms with E-state index in [0.717, 1.165) is 5.69 Å². The van der Waals surface area contributed by atoms with Gasteiger partial charge in [0.05, 0.1) is 28.2 Å². The monoisotopic (exact) mass is 270 g/mol. The van der Waals surface area contributed by atoms with Crippen LogP contribution < -0.4 is 5.32 Å². The van der Waals surface area contributed by atoms with Crippen LogP contribution in [0.2, 0.25) is 0 Å². The summed E-state index contributed by atoms with van der Waals surface area (Å²) >= 11 is 0. The third-order valence-electron chi connectivity index (χ3n) is 2.74. The number of nitrogens with one attached hydrogen (secondary N) is 2. The quantitative estimate of drug-likeness (QED) is 0.553. The molecule has 0 saturated heterocycles. The van der Waals surface area contributed by atoms with Crippen LogP contribution in [-0.4, -0.2) is 25.1 Å². The van der Waals surface area contributed by atoms with E-state index < -0.39 is 4.92 Å². The first kappa shape index (κ1) is 12.0. The molecule has 0 spiro atoms. The van der Waals surface area contributed by atoms with Gasteiger partial charge in [-0.3, -0.25) is 10.1 Å². The number of nitrogens with zero attached hydrogens (tertiary/aromatic N) is 4. The third-order valence-corrected chi connectivity index (χ3v) is 2.74. The standard InChI is InChI=1S/C12H10N6O2/c19-18(20)9-3-4-10-11(6-9)16-12(15-10)13-7-8-2-1-5-14-17-8/h1-6H,7H2,(H2,13,15,16). The number of hydrogen-bond donors (Lipinski definition) is 2. The number of non-ortho nitro benzene ring substituents is 1. The molecule has 100 valence electrons. The molecule has 8 nitrogen and oxygen atoms in total. The topological polar surface area (TPSA) is 110 Å². The number of hydrogen-bond acceptors (Lipinski definition) is 6. The molecular formula is C12H10N6O2. The molecule has 8 heteroatoms. The number of fused-ring (bicyclic) bond motifs is 1. The number of H-pyrrole nitrogens is 1. The van der Waals surface area contributed by atoms with E-state index in [1.54, 1.807) is 18.3 Å². The highest BCUT2D eigenvalue weighted by molar-refractivity contribution is 5.79. The van der Waals surface area contributed by atoms with Gasteiger partial charge in [0.2, 0.25) is 5.95 Å². The Morgan fingerprint density at radius 2 is 2.25 bits per heavy atom. The first-order chi connectivity index (χ1) is 9.72. The molecule has 3 aromatic rings. The molecule has 0 aliphatic rings. The lowest BCUT2D eigenvalue weighted by Gasteiger charge is -2.00. The second-order valence-electron chi connectivity index (χ2n) is 4.11. The first-order valence-corrected chi connectivity index (χ1v) is 5.87. The van der Waals surface area contributed by atoms with Gasteiger partial charge in [0.25, 0.3) is 5.69 Å². The fraction of sp³-hybridized carbons (Fsp3) is 0.0833. The lowest BCUT2D eigenvalue weighted by molar-refractivity contribution is -0.384. The summed E-state index contributed by atoms with van der Waals surface area (Å²) in [5.41, 5.74) is 2.08. The van der Waals surface area contributed by atoms with Crippen LogP contribution in [-0.2, 0) is 6.54 Å². The number of benzene rings is 1. The van der Waals surface area contributed by atoms with Gasteiger partial charge in [0, 0.05) is 18.3 Å². The van der Waals surface area contributed by atoms with Gasteiger partial charge >= 0.3 is 0 Å². The number of anilines is 1. The molecule has 1 aromatic carbocycles. The summed E-state index contributed by atoms with van der Waals surface area (Å²) in [5, 5.41) is 21.5. The van der Waals surface area contributed by atoms with Gasteiger partial charge in [0.15, 0.2) is 0 Å². The van der Waals surface area contributed by atoms with Crippen LogP contribution in [0.4, 0.5) is 11.6 Å². The van der Waals surface area contributed by atoms with E-state index in [-0.39, 0.29) is 5.69 Å². The van der Waals surface area contributed by atoms with Gasteiger partial charge in [-0.2, -0.15) is 10.2 Å². The Balaban J connectivity index is 1.80. The van der Waals surface area contributed by atoms with E-state index in [1.165, 1.54) is 12.1 Å². The van der Waals surface area contributed by atoms with Crippen molar-refractivity contribution in [3.63, 3.8) is 0 Å². The maximum atomic E-state index is 10.7. The van der Waals surface area contributed by atoms with Gasteiger partial charge < -0.3 is 10.3 Å². The average molecular weight is 270 g/mol. The van der Waals surface area contributed by atoms with Crippen molar-refractivity contribution >= 4 is 22.7 Å². The van der Waals surface area contributed by atoms with Crippen LogP contribution in [0.25, 0.3) is 11.0 Å². The Kier molecular flexibility index (Phi) is 2.96. The number of rotatable bonds is 4. The molecule has 2 heterocycles. The van der Waals surface area contributed by atoms with E-state index >= 15 is 0 Å². The van der Waals surface area contributed by atoms with Crippen LogP contribution in [0.3, 0.4) is 0 Å². The summed E-state index contributed by atoms with van der Waals surface area (Å²) in [6.07, 6.45) is 1.60. The Morgan fingerprint density at radius 3 is 3.00 bits per heavy atom. The molecule has 0 unspecified atom stereocenters. The van der Waals surface area contributed by atoms with E-state index in [2.05, 4.69) is 25.5 Å². The molecular weight excluding hydrogens is 260 g/mol. The Bertz CT molecular complexity index is 755. The van der Waals surface area contributed by atoms with Crippen molar-refractivity contribution in [1.82, 2.24) is 20.2 Å². The number of nitro benzene ring substituents is 1. The van der Waals surface area contributed by atoms with Gasteiger partial charge in [-0.1, -0.05) is 0 Å². The van der Waals surface area contributed by atoms with Crippen LogP contribution in [0.1, 0.15) is 5.69 Å². The molecule has 0 radical (unpaired) electrons.